The number of nitrogens with one attached hydrogen (secondary N) is 1. The van der Waals surface area contributed by atoms with E-state index < -0.39 is 0 Å². The minimum absolute atomic E-state index is 0.778. The topological polar surface area (TPSA) is 30.5 Å². The molecule has 0 fully saturated rings. The maximum atomic E-state index is 5.32. The number of ether oxygens (including phenoxy) is 2. The van der Waals surface area contributed by atoms with E-state index in [-0.39, 0.29) is 0 Å². The van der Waals surface area contributed by atoms with Gasteiger partial charge < -0.3 is 14.8 Å². The van der Waals surface area contributed by atoms with E-state index in [0.717, 1.165) is 38.3 Å². The Balaban J connectivity index is 2.40. The van der Waals surface area contributed by atoms with E-state index in [9.17, 15) is 0 Å². The van der Waals surface area contributed by atoms with Gasteiger partial charge in [-0.25, -0.2) is 0 Å². The second kappa shape index (κ2) is 8.11. The van der Waals surface area contributed by atoms with Crippen LogP contribution in [0.4, 0.5) is 0 Å². The maximum absolute atomic E-state index is 5.32. The smallest absolute Gasteiger partial charge is 0.122 e. The Morgan fingerprint density at radius 1 is 1.06 bits per heavy atom. The molecule has 0 aliphatic carbocycles. The lowest BCUT2D eigenvalue weighted by Crippen LogP contribution is -2.20. The molecule has 0 amide bonds. The van der Waals surface area contributed by atoms with Crippen molar-refractivity contribution >= 4 is 0 Å². The number of methoxy groups -OCH3 is 2. The van der Waals surface area contributed by atoms with Crippen LogP contribution in [-0.4, -0.2) is 33.9 Å². The lowest BCUT2D eigenvalue weighted by Gasteiger charge is -2.11. The number of hydrogen-bond donors (Lipinski definition) is 1. The van der Waals surface area contributed by atoms with Crippen LogP contribution in [-0.2, 0) is 11.2 Å². The second-order valence-corrected chi connectivity index (χ2v) is 4.59. The molecule has 0 atom stereocenters. The van der Waals surface area contributed by atoms with Crippen LogP contribution in [0.25, 0.3) is 0 Å². The normalized spacial score (nSPS) is 10.7. The zero-order valence-corrected chi connectivity index (χ0v) is 12.0. The van der Waals surface area contributed by atoms with Crippen molar-refractivity contribution in [2.24, 2.45) is 0 Å². The summed E-state index contributed by atoms with van der Waals surface area (Å²) in [4.78, 5) is 0. The maximum Gasteiger partial charge on any atom is 0.122 e. The predicted octanol–water partition coefficient (Wildman–Crippen LogP) is 2.48. The molecule has 0 aromatic heterocycles. The highest BCUT2D eigenvalue weighted by Crippen LogP contribution is 2.23. The summed E-state index contributed by atoms with van der Waals surface area (Å²) in [5.74, 6) is 0.981. The molecular formula is C15H25NO2. The first-order valence-electron chi connectivity index (χ1n) is 6.52. The molecule has 0 unspecified atom stereocenters. The summed E-state index contributed by atoms with van der Waals surface area (Å²) >= 11 is 0. The van der Waals surface area contributed by atoms with Gasteiger partial charge in [-0.1, -0.05) is 6.07 Å². The molecule has 0 saturated carbocycles. The third kappa shape index (κ3) is 4.67. The molecule has 0 saturated heterocycles. The Hall–Kier alpha value is -1.06. The third-order valence-corrected chi connectivity index (χ3v) is 3.14. The van der Waals surface area contributed by atoms with Crippen molar-refractivity contribution in [3.8, 4) is 5.75 Å². The van der Waals surface area contributed by atoms with Crippen LogP contribution < -0.4 is 10.1 Å². The quantitative estimate of drug-likeness (QED) is 0.720. The first-order chi connectivity index (χ1) is 8.69. The summed E-state index contributed by atoms with van der Waals surface area (Å²) in [6.07, 6.45) is 2.26. The minimum atomic E-state index is 0.778. The first kappa shape index (κ1) is 15.0. The number of hydrogen-bond acceptors (Lipinski definition) is 3. The minimum Gasteiger partial charge on any atom is -0.496 e. The molecule has 0 aliphatic rings. The molecule has 3 nitrogen and oxygen atoms in total. The van der Waals surface area contributed by atoms with E-state index in [1.54, 1.807) is 14.2 Å². The monoisotopic (exact) mass is 251 g/mol. The van der Waals surface area contributed by atoms with Gasteiger partial charge in [-0.05, 0) is 56.0 Å². The van der Waals surface area contributed by atoms with E-state index >= 15 is 0 Å². The molecule has 1 aromatic rings. The van der Waals surface area contributed by atoms with Crippen LogP contribution in [0.2, 0.25) is 0 Å². The van der Waals surface area contributed by atoms with Gasteiger partial charge in [0.2, 0.25) is 0 Å². The Morgan fingerprint density at radius 2 is 1.83 bits per heavy atom. The van der Waals surface area contributed by atoms with E-state index in [1.807, 2.05) is 0 Å². The molecule has 0 bridgehead atoms. The molecule has 3 heteroatoms. The van der Waals surface area contributed by atoms with Crippen molar-refractivity contribution in [3.05, 3.63) is 28.8 Å². The van der Waals surface area contributed by atoms with Gasteiger partial charge in [0, 0.05) is 13.7 Å². The van der Waals surface area contributed by atoms with Gasteiger partial charge in [0.15, 0.2) is 0 Å². The van der Waals surface area contributed by atoms with Crippen LogP contribution in [0.3, 0.4) is 0 Å². The summed E-state index contributed by atoms with van der Waals surface area (Å²) in [5.41, 5.74) is 3.95. The standard InChI is InChI=1S/C15H25NO2/c1-12-11-15(18-4)13(2)10-14(12)6-5-7-16-8-9-17-3/h10-11,16H,5-9H2,1-4H3. The fourth-order valence-electron chi connectivity index (χ4n) is 2.04. The average molecular weight is 251 g/mol. The Labute approximate surface area is 110 Å². The average Bonchev–Trinajstić information content (AvgIpc) is 2.37. The Morgan fingerprint density at radius 3 is 2.50 bits per heavy atom. The molecular weight excluding hydrogens is 226 g/mol. The SMILES string of the molecule is COCCNCCCc1cc(C)c(OC)cc1C. The zero-order chi connectivity index (χ0) is 13.4. The summed E-state index contributed by atoms with van der Waals surface area (Å²) in [6.45, 7) is 6.99. The van der Waals surface area contributed by atoms with Crippen LogP contribution in [0, 0.1) is 13.8 Å². The number of benzene rings is 1. The molecule has 0 radical (unpaired) electrons. The van der Waals surface area contributed by atoms with E-state index in [0.29, 0.717) is 0 Å². The Kier molecular flexibility index (Phi) is 6.76. The van der Waals surface area contributed by atoms with Crippen LogP contribution in [0.15, 0.2) is 12.1 Å². The lowest BCUT2D eigenvalue weighted by atomic mass is 10.0. The molecule has 0 heterocycles. The first-order valence-corrected chi connectivity index (χ1v) is 6.52. The highest BCUT2D eigenvalue weighted by molar-refractivity contribution is 5.41. The molecule has 102 valence electrons. The molecule has 0 spiro atoms. The molecule has 1 aromatic carbocycles. The highest BCUT2D eigenvalue weighted by Gasteiger charge is 2.04. The van der Waals surface area contributed by atoms with E-state index in [2.05, 4.69) is 31.3 Å². The fourth-order valence-corrected chi connectivity index (χ4v) is 2.04. The number of aryl methyl sites for hydroxylation is 3. The van der Waals surface area contributed by atoms with Crippen molar-refractivity contribution in [1.82, 2.24) is 5.32 Å². The molecule has 18 heavy (non-hydrogen) atoms. The lowest BCUT2D eigenvalue weighted by molar-refractivity contribution is 0.199. The molecule has 1 rings (SSSR count). The second-order valence-electron chi connectivity index (χ2n) is 4.59. The van der Waals surface area contributed by atoms with Gasteiger partial charge in [-0.15, -0.1) is 0 Å². The summed E-state index contributed by atoms with van der Waals surface area (Å²) < 4.78 is 10.3. The van der Waals surface area contributed by atoms with Crippen LogP contribution >= 0.6 is 0 Å². The zero-order valence-electron chi connectivity index (χ0n) is 12.0. The summed E-state index contributed by atoms with van der Waals surface area (Å²) in [7, 11) is 3.45. The Bertz CT molecular complexity index is 364. The van der Waals surface area contributed by atoms with Crippen molar-refractivity contribution in [2.75, 3.05) is 33.9 Å². The van der Waals surface area contributed by atoms with Crippen molar-refractivity contribution in [2.45, 2.75) is 26.7 Å². The summed E-state index contributed by atoms with van der Waals surface area (Å²) in [5, 5.41) is 3.36. The van der Waals surface area contributed by atoms with Gasteiger partial charge in [0.25, 0.3) is 0 Å². The van der Waals surface area contributed by atoms with E-state index in [1.165, 1.54) is 16.7 Å². The molecule has 1 N–H and O–H groups in total. The van der Waals surface area contributed by atoms with Gasteiger partial charge in [-0.2, -0.15) is 0 Å². The van der Waals surface area contributed by atoms with Gasteiger partial charge in [-0.3, -0.25) is 0 Å². The van der Waals surface area contributed by atoms with Gasteiger partial charge in [0.1, 0.15) is 5.75 Å². The predicted molar refractivity (Wildman–Crippen MR) is 75.5 cm³/mol. The van der Waals surface area contributed by atoms with Crippen molar-refractivity contribution in [3.63, 3.8) is 0 Å². The van der Waals surface area contributed by atoms with Crippen molar-refractivity contribution in [1.29, 1.82) is 0 Å². The molecule has 0 aliphatic heterocycles. The third-order valence-electron chi connectivity index (χ3n) is 3.14. The van der Waals surface area contributed by atoms with Crippen LogP contribution in [0.1, 0.15) is 23.1 Å². The fraction of sp³-hybridized carbons (Fsp3) is 0.600. The van der Waals surface area contributed by atoms with E-state index in [4.69, 9.17) is 9.47 Å². The van der Waals surface area contributed by atoms with Crippen LogP contribution in [0.5, 0.6) is 5.75 Å². The largest absolute Gasteiger partial charge is 0.496 e. The van der Waals surface area contributed by atoms with Gasteiger partial charge in [0.05, 0.1) is 13.7 Å². The van der Waals surface area contributed by atoms with Gasteiger partial charge >= 0.3 is 0 Å². The summed E-state index contributed by atoms with van der Waals surface area (Å²) in [6, 6.07) is 4.37. The highest BCUT2D eigenvalue weighted by atomic mass is 16.5. The van der Waals surface area contributed by atoms with Crippen molar-refractivity contribution < 1.29 is 9.47 Å². The number of rotatable bonds is 8.